The first-order chi connectivity index (χ1) is 8.76. The first kappa shape index (κ1) is 13.1. The third-order valence-electron chi connectivity index (χ3n) is 3.48. The van der Waals surface area contributed by atoms with Crippen LogP contribution < -0.4 is 10.2 Å². The van der Waals surface area contributed by atoms with Crippen LogP contribution >= 0.6 is 0 Å². The van der Waals surface area contributed by atoms with Gasteiger partial charge in [0.1, 0.15) is 18.0 Å². The van der Waals surface area contributed by atoms with Gasteiger partial charge in [-0.15, -0.1) is 0 Å². The Morgan fingerprint density at radius 2 is 2.33 bits per heavy atom. The van der Waals surface area contributed by atoms with Gasteiger partial charge in [-0.25, -0.2) is 9.97 Å². The van der Waals surface area contributed by atoms with Gasteiger partial charge in [-0.2, -0.15) is 0 Å². The summed E-state index contributed by atoms with van der Waals surface area (Å²) in [4.78, 5) is 10.9. The highest BCUT2D eigenvalue weighted by Gasteiger charge is 2.22. The molecule has 1 saturated heterocycles. The molecule has 0 aromatic carbocycles. The molecule has 1 fully saturated rings. The number of hydrogen-bond donors (Lipinski definition) is 2. The van der Waals surface area contributed by atoms with Gasteiger partial charge in [0.25, 0.3) is 0 Å². The van der Waals surface area contributed by atoms with Crippen LogP contribution in [0.1, 0.15) is 25.3 Å². The summed E-state index contributed by atoms with van der Waals surface area (Å²) in [5.41, 5.74) is 1.10. The zero-order chi connectivity index (χ0) is 13.0. The molecule has 2 heterocycles. The highest BCUT2D eigenvalue weighted by atomic mass is 16.3. The number of piperidine rings is 1. The molecular weight excluding hydrogens is 228 g/mol. The van der Waals surface area contributed by atoms with Crippen molar-refractivity contribution >= 4 is 11.6 Å². The van der Waals surface area contributed by atoms with Gasteiger partial charge in [0.15, 0.2) is 0 Å². The Labute approximate surface area is 108 Å². The fraction of sp³-hybridized carbons (Fsp3) is 0.692. The Kier molecular flexibility index (Phi) is 4.36. The average Bonchev–Trinajstić information content (AvgIpc) is 2.41. The van der Waals surface area contributed by atoms with E-state index in [1.807, 2.05) is 0 Å². The zero-order valence-corrected chi connectivity index (χ0v) is 11.2. The maximum Gasteiger partial charge on any atom is 0.137 e. The quantitative estimate of drug-likeness (QED) is 0.846. The van der Waals surface area contributed by atoms with E-state index in [1.54, 1.807) is 6.33 Å². The normalized spacial score (nSPS) is 19.9. The lowest BCUT2D eigenvalue weighted by molar-refractivity contribution is 0.208. The van der Waals surface area contributed by atoms with Crippen molar-refractivity contribution in [3.63, 3.8) is 0 Å². The molecule has 5 heteroatoms. The molecule has 1 aliphatic rings. The van der Waals surface area contributed by atoms with E-state index < -0.39 is 0 Å². The van der Waals surface area contributed by atoms with Crippen LogP contribution in [0.3, 0.4) is 0 Å². The molecule has 0 radical (unpaired) electrons. The molecule has 100 valence electrons. The molecule has 2 N–H and O–H groups in total. The minimum absolute atomic E-state index is 0.265. The van der Waals surface area contributed by atoms with Gasteiger partial charge in [0.05, 0.1) is 0 Å². The molecule has 1 aromatic heterocycles. The number of nitrogens with zero attached hydrogens (tertiary/aromatic N) is 3. The van der Waals surface area contributed by atoms with Crippen LogP contribution in [0.15, 0.2) is 6.33 Å². The molecule has 1 aliphatic heterocycles. The van der Waals surface area contributed by atoms with Crippen LogP contribution in [0.2, 0.25) is 0 Å². The third-order valence-corrected chi connectivity index (χ3v) is 3.48. The Bertz CT molecular complexity index is 397. The van der Waals surface area contributed by atoms with E-state index >= 15 is 0 Å². The topological polar surface area (TPSA) is 61.3 Å². The summed E-state index contributed by atoms with van der Waals surface area (Å²) in [6.07, 6.45) is 3.84. The largest absolute Gasteiger partial charge is 0.396 e. The second-order valence-electron chi connectivity index (χ2n) is 4.84. The van der Waals surface area contributed by atoms with Crippen LogP contribution in [-0.4, -0.2) is 41.3 Å². The van der Waals surface area contributed by atoms with E-state index in [4.69, 9.17) is 0 Å². The van der Waals surface area contributed by atoms with Gasteiger partial charge in [0.2, 0.25) is 0 Å². The first-order valence-corrected chi connectivity index (χ1v) is 6.67. The molecular formula is C13H22N4O. The predicted molar refractivity (Wildman–Crippen MR) is 73.0 cm³/mol. The minimum Gasteiger partial charge on any atom is -0.396 e. The van der Waals surface area contributed by atoms with E-state index in [1.165, 1.54) is 0 Å². The second-order valence-corrected chi connectivity index (χ2v) is 4.84. The Morgan fingerprint density at radius 3 is 3.06 bits per heavy atom. The summed E-state index contributed by atoms with van der Waals surface area (Å²) in [6.45, 7) is 7.14. The molecule has 0 spiro atoms. The lowest BCUT2D eigenvalue weighted by atomic mass is 9.99. The van der Waals surface area contributed by atoms with Crippen molar-refractivity contribution in [2.45, 2.75) is 26.7 Å². The van der Waals surface area contributed by atoms with Crippen molar-refractivity contribution in [3.8, 4) is 0 Å². The number of aromatic nitrogens is 2. The van der Waals surface area contributed by atoms with E-state index in [9.17, 15) is 5.11 Å². The van der Waals surface area contributed by atoms with E-state index in [-0.39, 0.29) is 6.61 Å². The maximum absolute atomic E-state index is 9.29. The number of hydrogen-bond acceptors (Lipinski definition) is 5. The van der Waals surface area contributed by atoms with Gasteiger partial charge in [-0.1, -0.05) is 0 Å². The summed E-state index contributed by atoms with van der Waals surface area (Å²) in [5.74, 6) is 2.28. The number of aliphatic hydroxyl groups excluding tert-OH is 1. The fourth-order valence-electron chi connectivity index (χ4n) is 2.51. The smallest absolute Gasteiger partial charge is 0.137 e. The standard InChI is InChI=1S/C13H22N4O/c1-3-14-12-10(2)13(16-9-15-12)17-6-4-5-11(7-17)8-18/h9,11,18H,3-8H2,1-2H3,(H,14,15,16). The highest BCUT2D eigenvalue weighted by molar-refractivity contribution is 5.58. The van der Waals surface area contributed by atoms with Gasteiger partial charge < -0.3 is 15.3 Å². The summed E-state index contributed by atoms with van der Waals surface area (Å²) < 4.78 is 0. The predicted octanol–water partition coefficient (Wildman–Crippen LogP) is 1.43. The van der Waals surface area contributed by atoms with Gasteiger partial charge >= 0.3 is 0 Å². The average molecular weight is 250 g/mol. The molecule has 0 aliphatic carbocycles. The van der Waals surface area contributed by atoms with Gasteiger partial charge in [0, 0.05) is 31.8 Å². The SMILES string of the molecule is CCNc1ncnc(N2CCCC(CO)C2)c1C. The van der Waals surface area contributed by atoms with Crippen molar-refractivity contribution in [1.29, 1.82) is 0 Å². The summed E-state index contributed by atoms with van der Waals surface area (Å²) in [6, 6.07) is 0. The second kappa shape index (κ2) is 6.00. The Balaban J connectivity index is 2.19. The van der Waals surface area contributed by atoms with Crippen molar-refractivity contribution in [2.24, 2.45) is 5.92 Å². The monoisotopic (exact) mass is 250 g/mol. The first-order valence-electron chi connectivity index (χ1n) is 6.67. The summed E-state index contributed by atoms with van der Waals surface area (Å²) in [5, 5.41) is 12.5. The van der Waals surface area contributed by atoms with Crippen LogP contribution in [-0.2, 0) is 0 Å². The van der Waals surface area contributed by atoms with Crippen molar-refractivity contribution < 1.29 is 5.11 Å². The van der Waals surface area contributed by atoms with Gasteiger partial charge in [-0.05, 0) is 32.6 Å². The highest BCUT2D eigenvalue weighted by Crippen LogP contribution is 2.26. The minimum atomic E-state index is 0.265. The lowest BCUT2D eigenvalue weighted by Gasteiger charge is -2.33. The summed E-state index contributed by atoms with van der Waals surface area (Å²) >= 11 is 0. The Morgan fingerprint density at radius 1 is 1.50 bits per heavy atom. The molecule has 0 bridgehead atoms. The fourth-order valence-corrected chi connectivity index (χ4v) is 2.51. The molecule has 1 unspecified atom stereocenters. The number of nitrogens with one attached hydrogen (secondary N) is 1. The molecule has 1 atom stereocenters. The number of rotatable bonds is 4. The third kappa shape index (κ3) is 2.72. The summed E-state index contributed by atoms with van der Waals surface area (Å²) in [7, 11) is 0. The molecule has 18 heavy (non-hydrogen) atoms. The van der Waals surface area contributed by atoms with E-state index in [2.05, 4.69) is 34.0 Å². The van der Waals surface area contributed by atoms with Crippen molar-refractivity contribution in [2.75, 3.05) is 36.5 Å². The van der Waals surface area contributed by atoms with Crippen LogP contribution in [0.25, 0.3) is 0 Å². The van der Waals surface area contributed by atoms with Crippen molar-refractivity contribution in [1.82, 2.24) is 9.97 Å². The Hall–Kier alpha value is -1.36. The van der Waals surface area contributed by atoms with E-state index in [0.29, 0.717) is 5.92 Å². The van der Waals surface area contributed by atoms with E-state index in [0.717, 1.165) is 49.7 Å². The van der Waals surface area contributed by atoms with Gasteiger partial charge in [-0.3, -0.25) is 0 Å². The number of aliphatic hydroxyl groups is 1. The molecule has 0 saturated carbocycles. The van der Waals surface area contributed by atoms with Crippen LogP contribution in [0, 0.1) is 12.8 Å². The molecule has 5 nitrogen and oxygen atoms in total. The molecule has 0 amide bonds. The van der Waals surface area contributed by atoms with Crippen LogP contribution in [0.5, 0.6) is 0 Å². The number of anilines is 2. The zero-order valence-electron chi connectivity index (χ0n) is 11.2. The lowest BCUT2D eigenvalue weighted by Crippen LogP contribution is -2.37. The van der Waals surface area contributed by atoms with Crippen LogP contribution in [0.4, 0.5) is 11.6 Å². The molecule has 1 aromatic rings. The maximum atomic E-state index is 9.29. The van der Waals surface area contributed by atoms with Crippen molar-refractivity contribution in [3.05, 3.63) is 11.9 Å². The molecule has 2 rings (SSSR count).